The topological polar surface area (TPSA) is 301 Å². The van der Waals surface area contributed by atoms with Crippen molar-refractivity contribution in [3.63, 3.8) is 0 Å². The number of hydrogen-bond donors (Lipinski definition) is 8. The van der Waals surface area contributed by atoms with E-state index >= 15 is 4.39 Å². The van der Waals surface area contributed by atoms with Gasteiger partial charge in [0.1, 0.15) is 49.0 Å². The number of nitrogens with one attached hydrogen (secondary N) is 6. The zero-order valence-corrected chi connectivity index (χ0v) is 40.9. The molecule has 0 saturated carbocycles. The molecule has 0 unspecified atom stereocenters. The van der Waals surface area contributed by atoms with Crippen molar-refractivity contribution >= 4 is 59.1 Å². The fourth-order valence-corrected chi connectivity index (χ4v) is 7.66. The molecule has 9 N–H and O–H groups in total. The first kappa shape index (κ1) is 56.8. The predicted molar refractivity (Wildman–Crippen MR) is 256 cm³/mol. The van der Waals surface area contributed by atoms with Gasteiger partial charge < -0.3 is 52.2 Å². The Bertz CT molecular complexity index is 2530. The molecule has 4 rings (SSSR count). The third-order valence-electron chi connectivity index (χ3n) is 11.5. The Balaban J connectivity index is 1.64. The van der Waals surface area contributed by atoms with E-state index in [1.54, 1.807) is 12.3 Å². The first-order valence-corrected chi connectivity index (χ1v) is 23.0. The summed E-state index contributed by atoms with van der Waals surface area (Å²) in [5, 5.41) is 24.9. The molecule has 0 radical (unpaired) electrons. The number of aliphatic hydroxyl groups is 1. The van der Waals surface area contributed by atoms with Crippen molar-refractivity contribution in [2.75, 3.05) is 39.3 Å². The van der Waals surface area contributed by atoms with E-state index in [0.717, 1.165) is 35.9 Å². The van der Waals surface area contributed by atoms with Gasteiger partial charge in [0, 0.05) is 80.7 Å². The van der Waals surface area contributed by atoms with Crippen LogP contribution in [-0.2, 0) is 54.5 Å². The monoisotopic (exact) mass is 1000 g/mol. The third-order valence-corrected chi connectivity index (χ3v) is 11.5. The fourth-order valence-electron chi connectivity index (χ4n) is 7.66. The van der Waals surface area contributed by atoms with Gasteiger partial charge in [0.05, 0.1) is 6.42 Å². The van der Waals surface area contributed by atoms with Gasteiger partial charge in [-0.25, -0.2) is 8.78 Å². The van der Waals surface area contributed by atoms with Crippen molar-refractivity contribution in [2.45, 2.75) is 91.0 Å². The zero-order chi connectivity index (χ0) is 53.4. The molecule has 388 valence electrons. The number of halogens is 2. The lowest BCUT2D eigenvalue weighted by Gasteiger charge is -2.36. The molecular formula is C49H62F2N10O11. The van der Waals surface area contributed by atoms with Crippen LogP contribution in [0.15, 0.2) is 72.9 Å². The molecule has 23 heteroatoms. The number of hydrogen-bond acceptors (Lipinski definition) is 11. The highest BCUT2D eigenvalue weighted by Crippen LogP contribution is 2.39. The molecule has 0 spiro atoms. The van der Waals surface area contributed by atoms with Gasteiger partial charge in [-0.2, -0.15) is 0 Å². The largest absolute Gasteiger partial charge is 0.387 e. The van der Waals surface area contributed by atoms with Crippen molar-refractivity contribution in [1.29, 1.82) is 0 Å². The molecule has 1 aliphatic heterocycles. The number of carbonyl (C=O) groups excluding carboxylic acids is 10. The van der Waals surface area contributed by atoms with E-state index in [0.29, 0.717) is 22.7 Å². The molecular weight excluding hydrogens is 943 g/mol. The minimum atomic E-state index is -1.71. The molecule has 72 heavy (non-hydrogen) atoms. The molecule has 0 fully saturated rings. The van der Waals surface area contributed by atoms with Crippen molar-refractivity contribution < 1.29 is 61.8 Å². The number of amides is 10. The highest BCUT2D eigenvalue weighted by atomic mass is 19.1. The normalized spacial score (nSPS) is 14.3. The third kappa shape index (κ3) is 16.7. The smallest absolute Gasteiger partial charge is 0.254 e. The number of rotatable bonds is 25. The first-order chi connectivity index (χ1) is 33.9. The van der Waals surface area contributed by atoms with E-state index in [1.165, 1.54) is 25.7 Å². The minimum Gasteiger partial charge on any atom is -0.387 e. The molecule has 21 nitrogen and oxygen atoms in total. The summed E-state index contributed by atoms with van der Waals surface area (Å²) in [4.78, 5) is 129. The van der Waals surface area contributed by atoms with Gasteiger partial charge in [-0.1, -0.05) is 51.1 Å². The van der Waals surface area contributed by atoms with Gasteiger partial charge in [0.25, 0.3) is 11.8 Å². The van der Waals surface area contributed by atoms with E-state index in [-0.39, 0.29) is 38.2 Å². The van der Waals surface area contributed by atoms with Crippen LogP contribution in [0.5, 0.6) is 0 Å². The van der Waals surface area contributed by atoms with Crippen LogP contribution in [0.3, 0.4) is 0 Å². The van der Waals surface area contributed by atoms with E-state index in [9.17, 15) is 57.4 Å². The number of nitrogens with two attached hydrogens (primary N) is 1. The van der Waals surface area contributed by atoms with E-state index in [1.807, 2.05) is 55.7 Å². The fraction of sp³-hybridized carbons (Fsp3) is 0.429. The summed E-state index contributed by atoms with van der Waals surface area (Å²) in [5.41, 5.74) is 6.62. The van der Waals surface area contributed by atoms with Gasteiger partial charge in [0.15, 0.2) is 0 Å². The van der Waals surface area contributed by atoms with E-state index in [2.05, 4.69) is 31.9 Å². The lowest BCUT2D eigenvalue weighted by atomic mass is 9.78. The number of aliphatic hydroxyl groups excluding tert-OH is 1. The van der Waals surface area contributed by atoms with Gasteiger partial charge in [-0.05, 0) is 55.5 Å². The number of carbonyl (C=O) groups is 10. The zero-order valence-electron chi connectivity index (χ0n) is 40.9. The summed E-state index contributed by atoms with van der Waals surface area (Å²) in [6.45, 7) is 7.37. The van der Waals surface area contributed by atoms with Crippen LogP contribution in [0.4, 0.5) is 8.78 Å². The second-order valence-corrected chi connectivity index (χ2v) is 18.3. The molecule has 3 aromatic rings. The Hall–Kier alpha value is -7.82. The van der Waals surface area contributed by atoms with Crippen LogP contribution in [0, 0.1) is 17.0 Å². The minimum absolute atomic E-state index is 0.00105. The summed E-state index contributed by atoms with van der Waals surface area (Å²) in [6, 6.07) is 8.51. The number of imide groups is 1. The summed E-state index contributed by atoms with van der Waals surface area (Å²) >= 11 is 0. The lowest BCUT2D eigenvalue weighted by Crippen LogP contribution is -2.58. The van der Waals surface area contributed by atoms with Crippen LogP contribution in [0.25, 0.3) is 11.1 Å². The van der Waals surface area contributed by atoms with Gasteiger partial charge in [-0.3, -0.25) is 52.8 Å². The second-order valence-electron chi connectivity index (χ2n) is 18.3. The van der Waals surface area contributed by atoms with Crippen molar-refractivity contribution in [1.82, 2.24) is 46.3 Å². The molecule has 1 aliphatic rings. The van der Waals surface area contributed by atoms with Crippen LogP contribution in [-0.4, -0.2) is 142 Å². The van der Waals surface area contributed by atoms with Gasteiger partial charge >= 0.3 is 0 Å². The van der Waals surface area contributed by atoms with Crippen LogP contribution >= 0.6 is 0 Å². The average molecular weight is 1010 g/mol. The quantitative estimate of drug-likeness (QED) is 0.0408. The Kier molecular flexibility index (Phi) is 20.4. The Labute approximate surface area is 414 Å². The van der Waals surface area contributed by atoms with Gasteiger partial charge in [0.2, 0.25) is 47.3 Å². The standard InChI is InChI=1S/C49H62F2N10O11/c1-28(55-30(3)63)45(69)56-29(2)46(70)58-38(22-40(52)64)48(72)57-37(47(71)54-18-17-53-41(65)26-61-42(66)14-15-43(61)67)16-19-59(44(68)27-62)25-35(49(4,5)6)39-20-32(34-21-33(50)12-13-36(34)51)24-60(39)23-31-10-8-7-9-11-31/h7-15,20-21,24,28-29,35,37-38,62H,16-19,22-23,25-27H2,1-6H3,(H2,52,64)(H,53,65)(H,54,71)(H,55,63)(H,56,69)(H,57,72)(H,58,70)/t28-,29+,35-,37-,38-/m0/s1. The van der Waals surface area contributed by atoms with E-state index < -0.39 is 126 Å². The maximum absolute atomic E-state index is 15.3. The van der Waals surface area contributed by atoms with E-state index in [4.69, 9.17) is 5.73 Å². The Morgan fingerprint density at radius 1 is 0.778 bits per heavy atom. The average Bonchev–Trinajstić information content (AvgIpc) is 3.86. The number of primary amides is 1. The van der Waals surface area contributed by atoms with Crippen molar-refractivity contribution in [3.05, 3.63) is 95.8 Å². The molecule has 2 aromatic carbocycles. The Morgan fingerprint density at radius 3 is 2.00 bits per heavy atom. The Morgan fingerprint density at radius 2 is 1.39 bits per heavy atom. The molecule has 10 amide bonds. The maximum Gasteiger partial charge on any atom is 0.254 e. The van der Waals surface area contributed by atoms with Crippen LogP contribution in [0.2, 0.25) is 0 Å². The summed E-state index contributed by atoms with van der Waals surface area (Å²) in [5.74, 6) is -9.98. The van der Waals surface area contributed by atoms with Crippen LogP contribution in [0.1, 0.15) is 71.6 Å². The lowest BCUT2D eigenvalue weighted by molar-refractivity contribution is -0.141. The predicted octanol–water partition coefficient (Wildman–Crippen LogP) is -0.146. The second kappa shape index (κ2) is 25.9. The maximum atomic E-state index is 15.3. The number of aromatic nitrogens is 1. The first-order valence-electron chi connectivity index (χ1n) is 23.0. The van der Waals surface area contributed by atoms with Crippen LogP contribution < -0.4 is 37.6 Å². The molecule has 1 aromatic heterocycles. The SMILES string of the molecule is CC(=O)N[C@@H](C)C(=O)N[C@H](C)C(=O)N[C@@H](CC(N)=O)C(=O)N[C@@H](CCN(C[C@@H](c1cc(-c2cc(F)ccc2F)cn1Cc1ccccc1)C(C)(C)C)C(=O)CO)C(=O)NCCNC(=O)CN1C(=O)C=CC1=O. The highest BCUT2D eigenvalue weighted by molar-refractivity contribution is 6.14. The molecule has 5 atom stereocenters. The number of nitrogens with zero attached hydrogens (tertiary/aromatic N) is 3. The summed E-state index contributed by atoms with van der Waals surface area (Å²) < 4.78 is 31.6. The molecule has 0 saturated heterocycles. The van der Waals surface area contributed by atoms with Crippen molar-refractivity contribution in [3.8, 4) is 11.1 Å². The highest BCUT2D eigenvalue weighted by Gasteiger charge is 2.35. The molecule has 0 bridgehead atoms. The summed E-state index contributed by atoms with van der Waals surface area (Å²) in [7, 11) is 0. The number of benzene rings is 2. The van der Waals surface area contributed by atoms with Crippen molar-refractivity contribution in [2.24, 2.45) is 11.1 Å². The molecule has 2 heterocycles. The molecule has 0 aliphatic carbocycles. The van der Waals surface area contributed by atoms with Gasteiger partial charge in [-0.15, -0.1) is 0 Å². The summed E-state index contributed by atoms with van der Waals surface area (Å²) in [6.07, 6.45) is 2.57.